The SMILES string of the molecule is CC(C)(C)c1ccc(CN2CCOCC2)cn1. The molecule has 0 aliphatic carbocycles. The molecular formula is C14H22N2O. The Morgan fingerprint density at radius 1 is 1.24 bits per heavy atom. The van der Waals surface area contributed by atoms with E-state index in [-0.39, 0.29) is 5.41 Å². The van der Waals surface area contributed by atoms with Crippen LogP contribution in [0.1, 0.15) is 32.0 Å². The number of pyridine rings is 1. The predicted octanol–water partition coefficient (Wildman–Crippen LogP) is 2.21. The van der Waals surface area contributed by atoms with Crippen LogP contribution < -0.4 is 0 Å². The molecule has 1 fully saturated rings. The minimum Gasteiger partial charge on any atom is -0.379 e. The van der Waals surface area contributed by atoms with Gasteiger partial charge in [-0.05, 0) is 11.6 Å². The molecule has 1 saturated heterocycles. The van der Waals surface area contributed by atoms with E-state index in [1.807, 2.05) is 6.20 Å². The highest BCUT2D eigenvalue weighted by atomic mass is 16.5. The van der Waals surface area contributed by atoms with Crippen molar-refractivity contribution in [2.75, 3.05) is 26.3 Å². The molecule has 17 heavy (non-hydrogen) atoms. The highest BCUT2D eigenvalue weighted by molar-refractivity contribution is 5.19. The molecule has 94 valence electrons. The van der Waals surface area contributed by atoms with Gasteiger partial charge in [-0.15, -0.1) is 0 Å². The lowest BCUT2D eigenvalue weighted by atomic mass is 9.91. The molecule has 1 aliphatic heterocycles. The number of aromatic nitrogens is 1. The number of morpholine rings is 1. The average Bonchev–Trinajstić information content (AvgIpc) is 2.30. The normalized spacial score (nSPS) is 18.3. The molecule has 3 heteroatoms. The highest BCUT2D eigenvalue weighted by Crippen LogP contribution is 2.20. The minimum atomic E-state index is 0.136. The molecule has 1 aromatic rings. The van der Waals surface area contributed by atoms with Gasteiger partial charge in [-0.2, -0.15) is 0 Å². The molecule has 0 bridgehead atoms. The molecule has 1 aliphatic rings. The summed E-state index contributed by atoms with van der Waals surface area (Å²) in [6.07, 6.45) is 2.01. The van der Waals surface area contributed by atoms with Crippen LogP contribution in [0.5, 0.6) is 0 Å². The van der Waals surface area contributed by atoms with Gasteiger partial charge in [0.25, 0.3) is 0 Å². The minimum absolute atomic E-state index is 0.136. The second-order valence-electron chi connectivity index (χ2n) is 5.69. The summed E-state index contributed by atoms with van der Waals surface area (Å²) >= 11 is 0. The smallest absolute Gasteiger partial charge is 0.0594 e. The molecule has 0 radical (unpaired) electrons. The van der Waals surface area contributed by atoms with Gasteiger partial charge >= 0.3 is 0 Å². The lowest BCUT2D eigenvalue weighted by Gasteiger charge is -2.26. The van der Waals surface area contributed by atoms with Gasteiger partial charge in [-0.3, -0.25) is 9.88 Å². The number of nitrogens with zero attached hydrogens (tertiary/aromatic N) is 2. The van der Waals surface area contributed by atoms with Crippen molar-refractivity contribution in [2.24, 2.45) is 0 Å². The average molecular weight is 234 g/mol. The van der Waals surface area contributed by atoms with Gasteiger partial charge in [0.15, 0.2) is 0 Å². The van der Waals surface area contributed by atoms with E-state index in [4.69, 9.17) is 4.74 Å². The Kier molecular flexibility index (Phi) is 3.79. The molecule has 0 aromatic carbocycles. The van der Waals surface area contributed by atoms with Crippen LogP contribution in [0.15, 0.2) is 18.3 Å². The lowest BCUT2D eigenvalue weighted by molar-refractivity contribution is 0.0341. The summed E-state index contributed by atoms with van der Waals surface area (Å²) in [6.45, 7) is 11.3. The second-order valence-corrected chi connectivity index (χ2v) is 5.69. The van der Waals surface area contributed by atoms with Crippen LogP contribution in [0.2, 0.25) is 0 Å². The van der Waals surface area contributed by atoms with Crippen molar-refractivity contribution in [2.45, 2.75) is 32.7 Å². The third-order valence-electron chi connectivity index (χ3n) is 3.10. The van der Waals surface area contributed by atoms with Gasteiger partial charge in [-0.25, -0.2) is 0 Å². The molecule has 0 saturated carbocycles. The van der Waals surface area contributed by atoms with Crippen LogP contribution >= 0.6 is 0 Å². The summed E-state index contributed by atoms with van der Waals surface area (Å²) in [4.78, 5) is 6.97. The summed E-state index contributed by atoms with van der Waals surface area (Å²) in [6, 6.07) is 4.35. The largest absolute Gasteiger partial charge is 0.379 e. The van der Waals surface area contributed by atoms with Crippen molar-refractivity contribution in [1.29, 1.82) is 0 Å². The standard InChI is InChI=1S/C14H22N2O/c1-14(2,3)13-5-4-12(10-15-13)11-16-6-8-17-9-7-16/h4-5,10H,6-9,11H2,1-3H3. The first kappa shape index (κ1) is 12.5. The first-order valence-electron chi connectivity index (χ1n) is 6.31. The fourth-order valence-electron chi connectivity index (χ4n) is 1.98. The molecule has 0 N–H and O–H groups in total. The zero-order valence-corrected chi connectivity index (χ0v) is 11.1. The van der Waals surface area contributed by atoms with Gasteiger partial charge in [0.1, 0.15) is 0 Å². The number of rotatable bonds is 2. The Morgan fingerprint density at radius 3 is 2.47 bits per heavy atom. The fraction of sp³-hybridized carbons (Fsp3) is 0.643. The van der Waals surface area contributed by atoms with E-state index >= 15 is 0 Å². The topological polar surface area (TPSA) is 25.4 Å². The van der Waals surface area contributed by atoms with E-state index in [1.165, 1.54) is 5.56 Å². The maximum atomic E-state index is 5.34. The van der Waals surface area contributed by atoms with Gasteiger partial charge in [0.2, 0.25) is 0 Å². The summed E-state index contributed by atoms with van der Waals surface area (Å²) in [5.74, 6) is 0. The zero-order chi connectivity index (χ0) is 12.3. The second kappa shape index (κ2) is 5.15. The van der Waals surface area contributed by atoms with Crippen LogP contribution in [-0.2, 0) is 16.7 Å². The van der Waals surface area contributed by atoms with Crippen molar-refractivity contribution in [1.82, 2.24) is 9.88 Å². The van der Waals surface area contributed by atoms with Crippen LogP contribution in [0.25, 0.3) is 0 Å². The van der Waals surface area contributed by atoms with Gasteiger partial charge in [-0.1, -0.05) is 26.8 Å². The fourth-order valence-corrected chi connectivity index (χ4v) is 1.98. The van der Waals surface area contributed by atoms with Gasteiger partial charge in [0, 0.05) is 36.9 Å². The highest BCUT2D eigenvalue weighted by Gasteiger charge is 2.15. The zero-order valence-electron chi connectivity index (χ0n) is 11.1. The van der Waals surface area contributed by atoms with E-state index in [2.05, 4.69) is 42.8 Å². The van der Waals surface area contributed by atoms with Crippen LogP contribution in [0.3, 0.4) is 0 Å². The Bertz CT molecular complexity index is 347. The van der Waals surface area contributed by atoms with E-state index < -0.39 is 0 Å². The maximum Gasteiger partial charge on any atom is 0.0594 e. The van der Waals surface area contributed by atoms with Crippen molar-refractivity contribution < 1.29 is 4.74 Å². The van der Waals surface area contributed by atoms with Crippen molar-refractivity contribution in [3.8, 4) is 0 Å². The van der Waals surface area contributed by atoms with Crippen LogP contribution in [0.4, 0.5) is 0 Å². The Balaban J connectivity index is 1.98. The Hall–Kier alpha value is -0.930. The van der Waals surface area contributed by atoms with E-state index in [0.717, 1.165) is 38.5 Å². The first-order valence-corrected chi connectivity index (χ1v) is 6.31. The van der Waals surface area contributed by atoms with Crippen molar-refractivity contribution in [3.63, 3.8) is 0 Å². The molecule has 0 atom stereocenters. The van der Waals surface area contributed by atoms with Crippen molar-refractivity contribution >= 4 is 0 Å². The van der Waals surface area contributed by atoms with E-state index in [1.54, 1.807) is 0 Å². The summed E-state index contributed by atoms with van der Waals surface area (Å²) < 4.78 is 5.34. The maximum absolute atomic E-state index is 5.34. The van der Waals surface area contributed by atoms with Crippen LogP contribution in [-0.4, -0.2) is 36.2 Å². The summed E-state index contributed by atoms with van der Waals surface area (Å²) in [5, 5.41) is 0. The van der Waals surface area contributed by atoms with Crippen LogP contribution in [0, 0.1) is 0 Å². The van der Waals surface area contributed by atoms with E-state index in [0.29, 0.717) is 0 Å². The van der Waals surface area contributed by atoms with Crippen molar-refractivity contribution in [3.05, 3.63) is 29.6 Å². The molecular weight excluding hydrogens is 212 g/mol. The summed E-state index contributed by atoms with van der Waals surface area (Å²) in [7, 11) is 0. The van der Waals surface area contributed by atoms with E-state index in [9.17, 15) is 0 Å². The predicted molar refractivity (Wildman–Crippen MR) is 69.0 cm³/mol. The third kappa shape index (κ3) is 3.51. The Labute approximate surface area is 104 Å². The molecule has 0 amide bonds. The lowest BCUT2D eigenvalue weighted by Crippen LogP contribution is -2.35. The summed E-state index contributed by atoms with van der Waals surface area (Å²) in [5.41, 5.74) is 2.58. The molecule has 2 heterocycles. The van der Waals surface area contributed by atoms with Gasteiger partial charge in [0.05, 0.1) is 13.2 Å². The number of hydrogen-bond donors (Lipinski definition) is 0. The third-order valence-corrected chi connectivity index (χ3v) is 3.10. The molecule has 3 nitrogen and oxygen atoms in total. The quantitative estimate of drug-likeness (QED) is 0.784. The van der Waals surface area contributed by atoms with Gasteiger partial charge < -0.3 is 4.74 Å². The Morgan fingerprint density at radius 2 is 1.94 bits per heavy atom. The molecule has 2 rings (SSSR count). The first-order chi connectivity index (χ1) is 8.05. The molecule has 0 unspecified atom stereocenters. The number of ether oxygens (including phenoxy) is 1. The molecule has 0 spiro atoms. The monoisotopic (exact) mass is 234 g/mol. The number of hydrogen-bond acceptors (Lipinski definition) is 3. The molecule has 1 aromatic heterocycles.